The molecule has 654 valence electrons. The van der Waals surface area contributed by atoms with Gasteiger partial charge in [0.15, 0.2) is 0 Å². The van der Waals surface area contributed by atoms with Gasteiger partial charge in [-0.25, -0.2) is 0 Å². The Bertz CT molecular complexity index is 3670. The third-order valence-corrected chi connectivity index (χ3v) is 39.3. The summed E-state index contributed by atoms with van der Waals surface area (Å²) in [5.74, 6) is 0. The average Bonchev–Trinajstić information content (AvgIpc) is 0.787. The Morgan fingerprint density at radius 3 is 0.282 bits per heavy atom. The maximum absolute atomic E-state index is 13.7. The van der Waals surface area contributed by atoms with E-state index in [1.165, 1.54) is 25.7 Å². The van der Waals surface area contributed by atoms with Gasteiger partial charge in [0, 0.05) is 0 Å². The molecular weight excluding hydrogens is 2080 g/mol. The zero-order valence-corrected chi connectivity index (χ0v) is 96.1. The summed E-state index contributed by atoms with van der Waals surface area (Å²) in [6.07, 6.45) is 5.54. The molecular formula is C106H146N4O4Si8Th2. The summed E-state index contributed by atoms with van der Waals surface area (Å²) in [6, 6.07) is 115. The van der Waals surface area contributed by atoms with Crippen LogP contribution in [-0.2, 0) is 22.4 Å². The quantitative estimate of drug-likeness (QED) is 0.0356. The number of unbranched alkanes of at least 4 members (excludes halogenated alkanes) is 3. The monoisotopic (exact) mass is 2230 g/mol. The summed E-state index contributed by atoms with van der Waals surface area (Å²) in [6.45, 7) is 59.6. The number of benzene rings is 12. The predicted molar refractivity (Wildman–Crippen MR) is 547 cm³/mol. The molecule has 0 atom stereocenters. The fourth-order valence-corrected chi connectivity index (χ4v) is 46.8. The Hall–Kier alpha value is -5.30. The van der Waals surface area contributed by atoms with Gasteiger partial charge in [0.05, 0.1) is 0 Å². The van der Waals surface area contributed by atoms with Crippen LogP contribution >= 0.6 is 0 Å². The first-order valence-electron chi connectivity index (χ1n) is 43.4. The molecule has 0 aliphatic carbocycles. The van der Waals surface area contributed by atoms with Crippen molar-refractivity contribution in [3.8, 4) is 0 Å². The summed E-state index contributed by atoms with van der Waals surface area (Å²) in [5.41, 5.74) is 3.65. The molecule has 12 rings (SSSR count). The van der Waals surface area contributed by atoms with Gasteiger partial charge in [0.1, 0.15) is 0 Å². The van der Waals surface area contributed by atoms with Gasteiger partial charge in [-0.15, -0.1) is 0 Å². The Morgan fingerprint density at radius 1 is 0.161 bits per heavy atom. The topological polar surface area (TPSA) is 149 Å². The molecule has 124 heavy (non-hydrogen) atoms. The smallest absolute Gasteiger partial charge is 0.839 e. The summed E-state index contributed by atoms with van der Waals surface area (Å²) in [7, 11) is -8.85. The summed E-state index contributed by atoms with van der Waals surface area (Å²) in [4.78, 5) is 0. The van der Waals surface area contributed by atoms with E-state index >= 15 is 0 Å². The van der Waals surface area contributed by atoms with E-state index in [1.54, 1.807) is 0 Å². The van der Waals surface area contributed by atoms with Crippen LogP contribution in [-0.4, -0.2) is 65.9 Å². The largest absolute Gasteiger partial charge is 4.00 e. The molecule has 0 aliphatic heterocycles. The van der Waals surface area contributed by atoms with E-state index in [9.17, 15) is 20.4 Å². The standard InChI is InChI=1S/4C19H15O.4C6H18NSi2.C6H14.2Th/c4*20-19(16-10-4-1-5-11-16,17-12-6-2-7-13-17)18-14-8-3-9-15-18;4*1-8(2,3)7-9(4,5)6;1-3-5-6-4-2;;/h4*1-15H;4*1-6H3;3-6H2,1-2H3;;/q8*-1;;2*+4. The van der Waals surface area contributed by atoms with E-state index < -0.39 is 88.3 Å². The molecule has 18 heteroatoms. The zero-order valence-electron chi connectivity index (χ0n) is 79.9. The second-order valence-corrected chi connectivity index (χ2v) is 76.9. The van der Waals surface area contributed by atoms with Gasteiger partial charge < -0.3 is 39.0 Å². The van der Waals surface area contributed by atoms with Crippen molar-refractivity contribution < 1.29 is 100 Å². The van der Waals surface area contributed by atoms with Crippen LogP contribution in [0, 0.1) is 79.9 Å². The number of hydrogen-bond donors (Lipinski definition) is 0. The van der Waals surface area contributed by atoms with Crippen LogP contribution in [0.3, 0.4) is 0 Å². The first-order chi connectivity index (χ1) is 57.0. The average molecular weight is 2230 g/mol. The molecule has 0 bridgehead atoms. The minimum absolute atomic E-state index is 0. The third kappa shape index (κ3) is 43.4. The third-order valence-electron chi connectivity index (χ3n) is 17.8. The van der Waals surface area contributed by atoms with E-state index in [1.807, 2.05) is 364 Å². The van der Waals surface area contributed by atoms with Crippen molar-refractivity contribution in [1.29, 1.82) is 0 Å². The number of rotatable bonds is 23. The minimum atomic E-state index is -1.37. The number of hydrogen-bond acceptors (Lipinski definition) is 4. The van der Waals surface area contributed by atoms with Gasteiger partial charge in [0.25, 0.3) is 0 Å². The van der Waals surface area contributed by atoms with Crippen LogP contribution in [0.25, 0.3) is 18.6 Å². The molecule has 0 saturated carbocycles. The van der Waals surface area contributed by atoms with Crippen molar-refractivity contribution in [1.82, 2.24) is 0 Å². The first-order valence-corrected chi connectivity index (χ1v) is 71.0. The Labute approximate surface area is 825 Å². The second-order valence-electron chi connectivity index (χ2n) is 38.6. The van der Waals surface area contributed by atoms with E-state index in [4.69, 9.17) is 18.6 Å². The predicted octanol–water partition coefficient (Wildman–Crippen LogP) is 28.1. The van der Waals surface area contributed by atoms with Crippen LogP contribution < -0.4 is 20.4 Å². The van der Waals surface area contributed by atoms with Gasteiger partial charge in [-0.3, -0.25) is 0 Å². The molecule has 0 saturated heterocycles. The SMILES string of the molecule is CCCCCC.C[Si](C)(C)[N-][Si](C)(C)C.C[Si](C)(C)[N-][Si](C)(C)C.C[Si](C)(C)[N-][Si](C)(C)C.C[Si](C)(C)[N-][Si](C)(C)C.[O-]C(c1ccccc1)(c1ccccc1)c1ccccc1.[O-]C(c1ccccc1)(c1ccccc1)c1ccccc1.[O-]C(c1ccccc1)(c1ccccc1)c1ccccc1.[O-]C(c1ccccc1)(c1ccccc1)c1ccccc1.[Th+4].[Th+4]. The number of nitrogens with zero attached hydrogens (tertiary/aromatic N) is 4. The fourth-order valence-electron chi connectivity index (χ4n) is 14.6. The molecule has 12 aromatic rings. The van der Waals surface area contributed by atoms with Crippen molar-refractivity contribution in [3.63, 3.8) is 0 Å². The Balaban J connectivity index is 0.000000486. The van der Waals surface area contributed by atoms with Crippen molar-refractivity contribution in [2.75, 3.05) is 0 Å². The van der Waals surface area contributed by atoms with Crippen LogP contribution in [0.1, 0.15) is 106 Å². The van der Waals surface area contributed by atoms with Crippen molar-refractivity contribution in [2.24, 2.45) is 0 Å². The van der Waals surface area contributed by atoms with Crippen molar-refractivity contribution in [2.45, 2.75) is 219 Å². The van der Waals surface area contributed by atoms with Gasteiger partial charge in [-0.2, -0.15) is 0 Å². The van der Waals surface area contributed by atoms with Gasteiger partial charge in [-0.1, -0.05) is 627 Å². The van der Waals surface area contributed by atoms with Crippen LogP contribution in [0.2, 0.25) is 157 Å². The van der Waals surface area contributed by atoms with Crippen molar-refractivity contribution >= 4 is 65.9 Å². The minimum Gasteiger partial charge on any atom is -0.839 e. The summed E-state index contributed by atoms with van der Waals surface area (Å²) >= 11 is 0. The molecule has 0 radical (unpaired) electrons. The van der Waals surface area contributed by atoms with E-state index in [-0.39, 0.29) is 79.9 Å². The molecule has 0 spiro atoms. The fraction of sp³-hybridized carbons (Fsp3) is 0.321. The van der Waals surface area contributed by atoms with Crippen molar-refractivity contribution in [3.05, 3.63) is 449 Å². The molecule has 0 N–H and O–H groups in total. The maximum atomic E-state index is 13.7. The van der Waals surface area contributed by atoms with E-state index in [0.29, 0.717) is 0 Å². The molecule has 0 heterocycles. The first kappa shape index (κ1) is 115. The van der Waals surface area contributed by atoms with Crippen LogP contribution in [0.4, 0.5) is 0 Å². The molecule has 0 aliphatic rings. The van der Waals surface area contributed by atoms with Gasteiger partial charge in [0.2, 0.25) is 0 Å². The summed E-state index contributed by atoms with van der Waals surface area (Å²) < 4.78 is 19.3. The zero-order chi connectivity index (χ0) is 91.0. The molecule has 0 unspecified atom stereocenters. The van der Waals surface area contributed by atoms with Gasteiger partial charge in [-0.05, 0) is 89.2 Å². The van der Waals surface area contributed by atoms with E-state index in [2.05, 4.69) is 171 Å². The van der Waals surface area contributed by atoms with E-state index in [0.717, 1.165) is 66.8 Å². The van der Waals surface area contributed by atoms with Crippen LogP contribution in [0.15, 0.2) is 364 Å². The summed E-state index contributed by atoms with van der Waals surface area (Å²) in [5, 5.41) is 54.8. The Morgan fingerprint density at radius 2 is 0.234 bits per heavy atom. The molecule has 0 fully saturated rings. The second kappa shape index (κ2) is 55.0. The maximum Gasteiger partial charge on any atom is 4.00 e. The Kier molecular flexibility index (Phi) is 50.9. The normalized spacial score (nSPS) is 11.8. The van der Waals surface area contributed by atoms with Gasteiger partial charge >= 0.3 is 79.9 Å². The molecule has 0 aromatic heterocycles. The molecule has 8 nitrogen and oxygen atoms in total. The van der Waals surface area contributed by atoms with Crippen LogP contribution in [0.5, 0.6) is 0 Å². The molecule has 12 aromatic carbocycles. The molecule has 0 amide bonds.